The Morgan fingerprint density at radius 2 is 0.906 bits per heavy atom. The summed E-state index contributed by atoms with van der Waals surface area (Å²) in [4.78, 5) is 20.4. The van der Waals surface area contributed by atoms with Gasteiger partial charge in [-0.15, -0.1) is 0 Å². The van der Waals surface area contributed by atoms with Gasteiger partial charge in [-0.3, -0.25) is 4.40 Å². The Hall–Kier alpha value is -7.38. The number of fused-ring (bicyclic) bond motifs is 14. The van der Waals surface area contributed by atoms with E-state index in [2.05, 4.69) is 77.3 Å². The largest absolute Gasteiger partial charge is 0.456 e. The molecule has 0 saturated carbocycles. The maximum absolute atomic E-state index is 6.31. The van der Waals surface area contributed by atoms with Gasteiger partial charge < -0.3 is 8.83 Å². The molecule has 0 N–H and O–H groups in total. The maximum atomic E-state index is 6.31. The number of benzene rings is 7. The van der Waals surface area contributed by atoms with Crippen molar-refractivity contribution in [2.45, 2.75) is 0 Å². The summed E-state index contributed by atoms with van der Waals surface area (Å²) in [5.41, 5.74) is 8.93. The van der Waals surface area contributed by atoms with Gasteiger partial charge in [0.05, 0.1) is 17.2 Å². The van der Waals surface area contributed by atoms with Crippen molar-refractivity contribution in [2.75, 3.05) is 0 Å². The third-order valence-electron chi connectivity index (χ3n) is 10.4. The first-order chi connectivity index (χ1) is 26.2. The van der Waals surface area contributed by atoms with Crippen molar-refractivity contribution in [3.05, 3.63) is 152 Å². The zero-order chi connectivity index (χ0) is 34.6. The van der Waals surface area contributed by atoms with Crippen molar-refractivity contribution in [2.24, 2.45) is 0 Å². The number of imidazole rings is 1. The van der Waals surface area contributed by atoms with Gasteiger partial charge in [0.25, 0.3) is 0 Å². The summed E-state index contributed by atoms with van der Waals surface area (Å²) in [6, 6.07) is 49.5. The number of furan rings is 2. The minimum absolute atomic E-state index is 0.595. The van der Waals surface area contributed by atoms with Crippen molar-refractivity contribution in [1.29, 1.82) is 0 Å². The standard InChI is InChI=1S/C46H25N5O2/c1-2-10-26(11-3-1)44-48-45(50-46(49-44)28-19-21-39-35(23-28)30-13-6-8-16-37(30)52-39)27-18-20-33-34(22-27)29-12-4-5-15-32(29)42-43(33)51-25-40-36(24-41(51)47-42)31-14-7-9-17-38(31)53-40/h1-25H. The minimum Gasteiger partial charge on any atom is -0.456 e. The first kappa shape index (κ1) is 28.3. The molecule has 246 valence electrons. The summed E-state index contributed by atoms with van der Waals surface area (Å²) in [6.45, 7) is 0. The van der Waals surface area contributed by atoms with E-state index in [-0.39, 0.29) is 0 Å². The highest BCUT2D eigenvalue weighted by Crippen LogP contribution is 2.39. The monoisotopic (exact) mass is 679 g/mol. The van der Waals surface area contributed by atoms with Gasteiger partial charge in [0.1, 0.15) is 22.4 Å². The average Bonchev–Trinajstić information content (AvgIpc) is 3.91. The Morgan fingerprint density at radius 1 is 0.358 bits per heavy atom. The first-order valence-corrected chi connectivity index (χ1v) is 17.5. The summed E-state index contributed by atoms with van der Waals surface area (Å²) >= 11 is 0. The SMILES string of the molecule is c1ccc(-c2nc(-c3ccc4oc5ccccc5c4c3)nc(-c3ccc4c(c3)c3ccccc3c3nc5cc6c(cn5c43)oc3ccccc36)n2)cc1. The topological polar surface area (TPSA) is 82.2 Å². The second kappa shape index (κ2) is 10.6. The highest BCUT2D eigenvalue weighted by atomic mass is 16.3. The van der Waals surface area contributed by atoms with Gasteiger partial charge in [0.15, 0.2) is 23.1 Å². The lowest BCUT2D eigenvalue weighted by molar-refractivity contribution is 0.666. The Kier molecular flexibility index (Phi) is 5.65. The van der Waals surface area contributed by atoms with Gasteiger partial charge in [-0.25, -0.2) is 19.9 Å². The predicted molar refractivity (Wildman–Crippen MR) is 212 cm³/mol. The molecule has 0 fully saturated rings. The fraction of sp³-hybridized carbons (Fsp3) is 0. The second-order valence-electron chi connectivity index (χ2n) is 13.5. The Bertz CT molecular complexity index is 3470. The van der Waals surface area contributed by atoms with Crippen molar-refractivity contribution in [3.8, 4) is 34.2 Å². The van der Waals surface area contributed by atoms with Crippen LogP contribution in [0.3, 0.4) is 0 Å². The van der Waals surface area contributed by atoms with Gasteiger partial charge in [0.2, 0.25) is 0 Å². The van der Waals surface area contributed by atoms with Crippen LogP contribution in [0.1, 0.15) is 0 Å². The molecular weight excluding hydrogens is 655 g/mol. The van der Waals surface area contributed by atoms with Crippen molar-refractivity contribution in [3.63, 3.8) is 0 Å². The van der Waals surface area contributed by atoms with Gasteiger partial charge in [0, 0.05) is 49.0 Å². The molecule has 0 radical (unpaired) electrons. The molecule has 0 amide bonds. The van der Waals surface area contributed by atoms with E-state index < -0.39 is 0 Å². The van der Waals surface area contributed by atoms with E-state index in [9.17, 15) is 0 Å². The number of rotatable bonds is 3. The molecule has 0 atom stereocenters. The van der Waals surface area contributed by atoms with Crippen LogP contribution in [0.2, 0.25) is 0 Å². The molecule has 0 aliphatic carbocycles. The van der Waals surface area contributed by atoms with Crippen molar-refractivity contribution < 1.29 is 8.83 Å². The third-order valence-corrected chi connectivity index (χ3v) is 10.4. The first-order valence-electron chi connectivity index (χ1n) is 17.5. The van der Waals surface area contributed by atoms with Crippen LogP contribution in [-0.2, 0) is 0 Å². The highest BCUT2D eigenvalue weighted by molar-refractivity contribution is 6.25. The van der Waals surface area contributed by atoms with E-state index in [0.717, 1.165) is 98.8 Å². The molecule has 0 saturated heterocycles. The number of para-hydroxylation sites is 2. The molecule has 12 rings (SSSR count). The number of nitrogens with zero attached hydrogens (tertiary/aromatic N) is 5. The van der Waals surface area contributed by atoms with Crippen LogP contribution in [0.4, 0.5) is 0 Å². The number of hydrogen-bond acceptors (Lipinski definition) is 6. The van der Waals surface area contributed by atoms with Crippen LogP contribution >= 0.6 is 0 Å². The van der Waals surface area contributed by atoms with E-state index in [1.807, 2.05) is 78.9 Å². The van der Waals surface area contributed by atoms with Gasteiger partial charge >= 0.3 is 0 Å². The summed E-state index contributed by atoms with van der Waals surface area (Å²) in [6.07, 6.45) is 2.08. The molecular formula is C46H25N5O2. The molecule has 12 aromatic rings. The van der Waals surface area contributed by atoms with E-state index in [1.165, 1.54) is 0 Å². The van der Waals surface area contributed by atoms with Crippen LogP contribution in [-0.4, -0.2) is 24.3 Å². The highest BCUT2D eigenvalue weighted by Gasteiger charge is 2.19. The normalized spacial score (nSPS) is 12.2. The average molecular weight is 680 g/mol. The van der Waals surface area contributed by atoms with E-state index in [1.54, 1.807) is 0 Å². The fourth-order valence-corrected chi connectivity index (χ4v) is 7.96. The molecule has 7 heteroatoms. The summed E-state index contributed by atoms with van der Waals surface area (Å²) in [5.74, 6) is 1.80. The summed E-state index contributed by atoms with van der Waals surface area (Å²) in [5, 5.41) is 8.59. The van der Waals surface area contributed by atoms with E-state index in [4.69, 9.17) is 28.8 Å². The van der Waals surface area contributed by atoms with Crippen LogP contribution in [0.5, 0.6) is 0 Å². The molecule has 0 spiro atoms. The molecule has 0 bridgehead atoms. The maximum Gasteiger partial charge on any atom is 0.164 e. The molecule has 5 heterocycles. The smallest absolute Gasteiger partial charge is 0.164 e. The Balaban J connectivity index is 1.10. The Morgan fingerprint density at radius 3 is 1.64 bits per heavy atom. The van der Waals surface area contributed by atoms with Crippen molar-refractivity contribution >= 4 is 82.1 Å². The second-order valence-corrected chi connectivity index (χ2v) is 13.5. The molecule has 0 unspecified atom stereocenters. The number of hydrogen-bond donors (Lipinski definition) is 0. The minimum atomic E-state index is 0.595. The lowest BCUT2D eigenvalue weighted by atomic mass is 9.98. The lowest BCUT2D eigenvalue weighted by Gasteiger charge is -2.11. The van der Waals surface area contributed by atoms with Gasteiger partial charge in [-0.1, -0.05) is 103 Å². The van der Waals surface area contributed by atoms with Crippen LogP contribution < -0.4 is 0 Å². The summed E-state index contributed by atoms with van der Waals surface area (Å²) in [7, 11) is 0. The van der Waals surface area contributed by atoms with Crippen LogP contribution in [0.25, 0.3) is 116 Å². The van der Waals surface area contributed by atoms with Gasteiger partial charge in [-0.05, 0) is 53.2 Å². The zero-order valence-corrected chi connectivity index (χ0v) is 28.0. The van der Waals surface area contributed by atoms with Gasteiger partial charge in [-0.2, -0.15) is 0 Å². The number of pyridine rings is 1. The molecule has 7 aromatic carbocycles. The van der Waals surface area contributed by atoms with E-state index >= 15 is 0 Å². The quantitative estimate of drug-likeness (QED) is 0.173. The molecule has 0 aliphatic rings. The van der Waals surface area contributed by atoms with Crippen LogP contribution in [0, 0.1) is 0 Å². The lowest BCUT2D eigenvalue weighted by Crippen LogP contribution is -2.00. The summed E-state index contributed by atoms with van der Waals surface area (Å²) < 4.78 is 14.6. The molecule has 5 aromatic heterocycles. The fourth-order valence-electron chi connectivity index (χ4n) is 7.96. The van der Waals surface area contributed by atoms with E-state index in [0.29, 0.717) is 17.5 Å². The predicted octanol–water partition coefficient (Wildman–Crippen LogP) is 11.8. The molecule has 53 heavy (non-hydrogen) atoms. The van der Waals surface area contributed by atoms with Crippen LogP contribution in [0.15, 0.2) is 161 Å². The molecule has 7 nitrogen and oxygen atoms in total. The zero-order valence-electron chi connectivity index (χ0n) is 28.0. The number of aromatic nitrogens is 5. The van der Waals surface area contributed by atoms with Crippen molar-refractivity contribution in [1.82, 2.24) is 24.3 Å². The third kappa shape index (κ3) is 4.16. The Labute approximate surface area is 300 Å². The molecule has 0 aliphatic heterocycles.